The molecule has 0 fully saturated rings. The zero-order valence-corrected chi connectivity index (χ0v) is 14.2. The zero-order valence-electron chi connectivity index (χ0n) is 14.2. The highest BCUT2D eigenvalue weighted by Gasteiger charge is 2.06. The predicted molar refractivity (Wildman–Crippen MR) is 102 cm³/mol. The molecule has 2 aromatic carbocycles. The first kappa shape index (κ1) is 17.2. The number of aryl methyl sites for hydroxylation is 1. The van der Waals surface area contributed by atoms with Crippen LogP contribution in [-0.4, -0.2) is 11.8 Å². The van der Waals surface area contributed by atoms with E-state index in [4.69, 9.17) is 4.42 Å². The predicted octanol–water partition coefficient (Wildman–Crippen LogP) is 4.49. The van der Waals surface area contributed by atoms with Gasteiger partial charge < -0.3 is 15.1 Å². The van der Waals surface area contributed by atoms with Crippen LogP contribution >= 0.6 is 0 Å². The second kappa shape index (κ2) is 7.98. The third-order valence-electron chi connectivity index (χ3n) is 3.63. The fourth-order valence-electron chi connectivity index (χ4n) is 2.35. The van der Waals surface area contributed by atoms with E-state index in [9.17, 15) is 9.59 Å². The Morgan fingerprint density at radius 3 is 2.31 bits per heavy atom. The summed E-state index contributed by atoms with van der Waals surface area (Å²) < 4.78 is 5.12. The first-order valence-electron chi connectivity index (χ1n) is 8.11. The van der Waals surface area contributed by atoms with Gasteiger partial charge in [-0.3, -0.25) is 9.59 Å². The molecule has 0 bridgehead atoms. The molecule has 0 atom stereocenters. The standard InChI is InChI=1S/C21H18N2O3/c1-15-4-2-5-16(14-15)21(25)23-18-9-7-17(8-10-18)22-20(24)12-11-19-6-3-13-26-19/h2-14H,1H3,(H,22,24)(H,23,25). The molecule has 3 rings (SSSR count). The first-order valence-corrected chi connectivity index (χ1v) is 8.11. The number of carbonyl (C=O) groups is 2. The molecule has 1 aromatic heterocycles. The van der Waals surface area contributed by atoms with E-state index in [2.05, 4.69) is 10.6 Å². The fraction of sp³-hybridized carbons (Fsp3) is 0.0476. The summed E-state index contributed by atoms with van der Waals surface area (Å²) in [7, 11) is 0. The van der Waals surface area contributed by atoms with Gasteiger partial charge in [0.1, 0.15) is 5.76 Å². The number of anilines is 2. The highest BCUT2D eigenvalue weighted by Crippen LogP contribution is 2.15. The van der Waals surface area contributed by atoms with Crippen LogP contribution < -0.4 is 10.6 Å². The number of amides is 2. The average Bonchev–Trinajstić information content (AvgIpc) is 3.15. The van der Waals surface area contributed by atoms with E-state index in [1.54, 1.807) is 54.8 Å². The lowest BCUT2D eigenvalue weighted by molar-refractivity contribution is -0.111. The second-order valence-corrected chi connectivity index (χ2v) is 5.74. The van der Waals surface area contributed by atoms with Crippen LogP contribution in [0.2, 0.25) is 0 Å². The maximum Gasteiger partial charge on any atom is 0.255 e. The minimum absolute atomic E-state index is 0.174. The van der Waals surface area contributed by atoms with Gasteiger partial charge in [-0.05, 0) is 61.5 Å². The molecular weight excluding hydrogens is 328 g/mol. The van der Waals surface area contributed by atoms with Gasteiger partial charge in [0.2, 0.25) is 5.91 Å². The summed E-state index contributed by atoms with van der Waals surface area (Å²) in [6.07, 6.45) is 4.53. The van der Waals surface area contributed by atoms with E-state index < -0.39 is 0 Å². The summed E-state index contributed by atoms with van der Waals surface area (Å²) in [5, 5.41) is 5.58. The summed E-state index contributed by atoms with van der Waals surface area (Å²) in [4.78, 5) is 24.1. The number of carbonyl (C=O) groups excluding carboxylic acids is 2. The molecule has 0 aliphatic rings. The van der Waals surface area contributed by atoms with Gasteiger partial charge in [-0.2, -0.15) is 0 Å². The molecule has 3 aromatic rings. The summed E-state index contributed by atoms with van der Waals surface area (Å²) in [5.74, 6) is 0.166. The molecule has 0 unspecified atom stereocenters. The molecule has 0 aliphatic carbocycles. The Balaban J connectivity index is 1.58. The summed E-state index contributed by atoms with van der Waals surface area (Å²) in [6.45, 7) is 1.94. The Hall–Kier alpha value is -3.60. The molecule has 2 N–H and O–H groups in total. The monoisotopic (exact) mass is 346 g/mol. The van der Waals surface area contributed by atoms with Gasteiger partial charge >= 0.3 is 0 Å². The molecule has 0 saturated heterocycles. The first-order chi connectivity index (χ1) is 12.6. The van der Waals surface area contributed by atoms with Crippen LogP contribution in [0.15, 0.2) is 77.4 Å². The van der Waals surface area contributed by atoms with Crippen molar-refractivity contribution in [2.75, 3.05) is 10.6 Å². The molecule has 0 saturated carbocycles. The maximum absolute atomic E-state index is 12.2. The minimum Gasteiger partial charge on any atom is -0.465 e. The lowest BCUT2D eigenvalue weighted by Crippen LogP contribution is -2.12. The van der Waals surface area contributed by atoms with Crippen molar-refractivity contribution in [1.29, 1.82) is 0 Å². The Kier molecular flexibility index (Phi) is 5.29. The highest BCUT2D eigenvalue weighted by molar-refractivity contribution is 6.05. The van der Waals surface area contributed by atoms with Gasteiger partial charge in [0.05, 0.1) is 6.26 Å². The smallest absolute Gasteiger partial charge is 0.255 e. The van der Waals surface area contributed by atoms with Crippen molar-refractivity contribution in [3.63, 3.8) is 0 Å². The van der Waals surface area contributed by atoms with E-state index >= 15 is 0 Å². The van der Waals surface area contributed by atoms with Crippen LogP contribution in [0.5, 0.6) is 0 Å². The van der Waals surface area contributed by atoms with Crippen LogP contribution in [0.25, 0.3) is 6.08 Å². The van der Waals surface area contributed by atoms with E-state index in [1.165, 1.54) is 6.08 Å². The van der Waals surface area contributed by atoms with Crippen molar-refractivity contribution in [1.82, 2.24) is 0 Å². The molecule has 1 heterocycles. The van der Waals surface area contributed by atoms with Crippen molar-refractivity contribution in [2.24, 2.45) is 0 Å². The van der Waals surface area contributed by atoms with Gasteiger partial charge in [0.15, 0.2) is 0 Å². The molecule has 0 radical (unpaired) electrons. The third kappa shape index (κ3) is 4.70. The molecule has 2 amide bonds. The van der Waals surface area contributed by atoms with Crippen molar-refractivity contribution < 1.29 is 14.0 Å². The fourth-order valence-corrected chi connectivity index (χ4v) is 2.35. The number of benzene rings is 2. The van der Waals surface area contributed by atoms with Gasteiger partial charge in [-0.15, -0.1) is 0 Å². The topological polar surface area (TPSA) is 71.3 Å². The van der Waals surface area contributed by atoms with Crippen molar-refractivity contribution in [3.05, 3.63) is 89.9 Å². The molecule has 0 aliphatic heterocycles. The van der Waals surface area contributed by atoms with Crippen molar-refractivity contribution in [3.8, 4) is 0 Å². The van der Waals surface area contributed by atoms with Crippen LogP contribution in [0.4, 0.5) is 11.4 Å². The second-order valence-electron chi connectivity index (χ2n) is 5.74. The number of hydrogen-bond donors (Lipinski definition) is 2. The number of furan rings is 1. The highest BCUT2D eigenvalue weighted by atomic mass is 16.3. The van der Waals surface area contributed by atoms with E-state index in [-0.39, 0.29) is 11.8 Å². The van der Waals surface area contributed by atoms with Crippen LogP contribution in [0, 0.1) is 6.92 Å². The van der Waals surface area contributed by atoms with Crippen molar-refractivity contribution >= 4 is 29.3 Å². The van der Waals surface area contributed by atoms with Gasteiger partial charge in [0.25, 0.3) is 5.91 Å². The number of nitrogens with one attached hydrogen (secondary N) is 2. The molecule has 0 spiro atoms. The number of hydrogen-bond acceptors (Lipinski definition) is 3. The van der Waals surface area contributed by atoms with E-state index in [1.807, 2.05) is 25.1 Å². The molecule has 26 heavy (non-hydrogen) atoms. The zero-order chi connectivity index (χ0) is 18.4. The van der Waals surface area contributed by atoms with Gasteiger partial charge in [-0.1, -0.05) is 17.7 Å². The minimum atomic E-state index is -0.266. The molecule has 5 nitrogen and oxygen atoms in total. The van der Waals surface area contributed by atoms with Crippen molar-refractivity contribution in [2.45, 2.75) is 6.92 Å². The quantitative estimate of drug-likeness (QED) is 0.669. The Bertz CT molecular complexity index is 926. The van der Waals surface area contributed by atoms with E-state index in [0.29, 0.717) is 22.7 Å². The van der Waals surface area contributed by atoms with E-state index in [0.717, 1.165) is 5.56 Å². The van der Waals surface area contributed by atoms with Crippen LogP contribution in [-0.2, 0) is 4.79 Å². The summed E-state index contributed by atoms with van der Waals surface area (Å²) >= 11 is 0. The lowest BCUT2D eigenvalue weighted by atomic mass is 10.1. The van der Waals surface area contributed by atoms with Crippen LogP contribution in [0.3, 0.4) is 0 Å². The molecule has 5 heteroatoms. The van der Waals surface area contributed by atoms with Gasteiger partial charge in [0, 0.05) is 23.0 Å². The Morgan fingerprint density at radius 2 is 1.65 bits per heavy atom. The third-order valence-corrected chi connectivity index (χ3v) is 3.63. The largest absolute Gasteiger partial charge is 0.465 e. The average molecular weight is 346 g/mol. The summed E-state index contributed by atoms with van der Waals surface area (Å²) in [6, 6.07) is 17.8. The molecule has 130 valence electrons. The lowest BCUT2D eigenvalue weighted by Gasteiger charge is -2.07. The Morgan fingerprint density at radius 1 is 0.923 bits per heavy atom. The maximum atomic E-state index is 12.2. The number of rotatable bonds is 5. The SMILES string of the molecule is Cc1cccc(C(=O)Nc2ccc(NC(=O)C=Cc3ccco3)cc2)c1. The van der Waals surface area contributed by atoms with Crippen LogP contribution in [0.1, 0.15) is 21.7 Å². The van der Waals surface area contributed by atoms with Gasteiger partial charge in [-0.25, -0.2) is 0 Å². The molecular formula is C21H18N2O3. The Labute approximate surface area is 151 Å². The summed E-state index contributed by atoms with van der Waals surface area (Å²) in [5.41, 5.74) is 2.91. The normalized spacial score (nSPS) is 10.7.